The largest absolute Gasteiger partial charge is 0.493 e. The summed E-state index contributed by atoms with van der Waals surface area (Å²) in [5, 5.41) is 0. The lowest BCUT2D eigenvalue weighted by molar-refractivity contribution is -0.141. The van der Waals surface area contributed by atoms with Crippen LogP contribution in [0.4, 0.5) is 0 Å². The fourth-order valence-electron chi connectivity index (χ4n) is 2.82. The first-order valence-electron chi connectivity index (χ1n) is 9.47. The highest BCUT2D eigenvalue weighted by Gasteiger charge is 2.31. The SMILES string of the molecule is C=C[C@H](COC(C)=O)N(Cc1ccc(OC(C)=O)c(OC)c1)S(=O)(=O)c1ccc(Br)cc1. The van der Waals surface area contributed by atoms with Crippen molar-refractivity contribution in [2.75, 3.05) is 13.7 Å². The molecule has 0 aliphatic heterocycles. The van der Waals surface area contributed by atoms with Gasteiger partial charge in [-0.25, -0.2) is 8.42 Å². The number of sulfonamides is 1. The molecule has 2 aromatic carbocycles. The number of ether oxygens (including phenoxy) is 3. The average molecular weight is 526 g/mol. The molecule has 0 aliphatic carbocycles. The summed E-state index contributed by atoms with van der Waals surface area (Å²) in [6.07, 6.45) is 1.41. The molecule has 0 bridgehead atoms. The van der Waals surface area contributed by atoms with Crippen molar-refractivity contribution in [2.45, 2.75) is 31.3 Å². The van der Waals surface area contributed by atoms with Gasteiger partial charge in [-0.05, 0) is 42.0 Å². The first-order chi connectivity index (χ1) is 15.1. The molecule has 1 atom stereocenters. The van der Waals surface area contributed by atoms with Gasteiger partial charge >= 0.3 is 11.9 Å². The number of benzene rings is 2. The van der Waals surface area contributed by atoms with Crippen molar-refractivity contribution >= 4 is 37.9 Å². The molecule has 0 heterocycles. The van der Waals surface area contributed by atoms with Gasteiger partial charge < -0.3 is 14.2 Å². The summed E-state index contributed by atoms with van der Waals surface area (Å²) in [7, 11) is -2.59. The van der Waals surface area contributed by atoms with Gasteiger partial charge in [0.15, 0.2) is 11.5 Å². The number of nitrogens with zero attached hydrogens (tertiary/aromatic N) is 1. The van der Waals surface area contributed by atoms with Gasteiger partial charge in [0.2, 0.25) is 10.0 Å². The summed E-state index contributed by atoms with van der Waals surface area (Å²) in [6, 6.07) is 10.1. The molecule has 0 aliphatic rings. The Morgan fingerprint density at radius 3 is 2.28 bits per heavy atom. The van der Waals surface area contributed by atoms with E-state index in [0.717, 1.165) is 4.47 Å². The van der Waals surface area contributed by atoms with Crippen molar-refractivity contribution in [3.05, 3.63) is 65.2 Å². The van der Waals surface area contributed by atoms with Crippen LogP contribution in [0.3, 0.4) is 0 Å². The maximum Gasteiger partial charge on any atom is 0.308 e. The summed E-state index contributed by atoms with van der Waals surface area (Å²) in [4.78, 5) is 22.7. The molecule has 0 saturated heterocycles. The third kappa shape index (κ3) is 6.65. The maximum absolute atomic E-state index is 13.5. The van der Waals surface area contributed by atoms with Crippen LogP contribution in [0, 0.1) is 0 Å². The summed E-state index contributed by atoms with van der Waals surface area (Å²) in [6.45, 7) is 5.95. The zero-order valence-corrected chi connectivity index (χ0v) is 20.3. The Bertz CT molecular complexity index is 1080. The van der Waals surface area contributed by atoms with Crippen LogP contribution in [-0.4, -0.2) is 44.4 Å². The van der Waals surface area contributed by atoms with E-state index in [-0.39, 0.29) is 29.5 Å². The lowest BCUT2D eigenvalue weighted by Gasteiger charge is -2.29. The molecule has 8 nitrogen and oxygen atoms in total. The molecule has 0 aromatic heterocycles. The third-order valence-electron chi connectivity index (χ3n) is 4.34. The predicted molar refractivity (Wildman–Crippen MR) is 122 cm³/mol. The van der Waals surface area contributed by atoms with Crippen LogP contribution in [0.5, 0.6) is 11.5 Å². The number of carbonyl (C=O) groups excluding carboxylic acids is 2. The Labute approximate surface area is 196 Å². The van der Waals surface area contributed by atoms with Crippen molar-refractivity contribution in [3.63, 3.8) is 0 Å². The smallest absolute Gasteiger partial charge is 0.308 e. The van der Waals surface area contributed by atoms with Crippen molar-refractivity contribution in [1.82, 2.24) is 4.31 Å². The van der Waals surface area contributed by atoms with Crippen molar-refractivity contribution in [2.24, 2.45) is 0 Å². The van der Waals surface area contributed by atoms with Gasteiger partial charge in [-0.15, -0.1) is 6.58 Å². The van der Waals surface area contributed by atoms with E-state index in [1.807, 2.05) is 0 Å². The zero-order valence-electron chi connectivity index (χ0n) is 17.9. The molecule has 32 heavy (non-hydrogen) atoms. The van der Waals surface area contributed by atoms with Crippen LogP contribution in [0.25, 0.3) is 0 Å². The molecular weight excluding hydrogens is 502 g/mol. The first kappa shape index (κ1) is 25.6. The van der Waals surface area contributed by atoms with Crippen LogP contribution >= 0.6 is 15.9 Å². The lowest BCUT2D eigenvalue weighted by atomic mass is 10.2. The molecule has 0 amide bonds. The van der Waals surface area contributed by atoms with E-state index in [0.29, 0.717) is 5.56 Å². The minimum absolute atomic E-state index is 0.0684. The summed E-state index contributed by atoms with van der Waals surface area (Å²) >= 11 is 3.29. The van der Waals surface area contributed by atoms with Crippen LogP contribution < -0.4 is 9.47 Å². The van der Waals surface area contributed by atoms with Crippen LogP contribution in [0.15, 0.2) is 64.5 Å². The van der Waals surface area contributed by atoms with Gasteiger partial charge in [-0.2, -0.15) is 4.31 Å². The van der Waals surface area contributed by atoms with E-state index in [4.69, 9.17) is 14.2 Å². The standard InChI is InChI=1S/C22H24BrNO7S/c1-5-19(14-30-15(2)25)24(32(27,28)20-9-7-18(23)8-10-20)13-17-6-11-21(31-16(3)26)22(12-17)29-4/h5-12,19H,1,13-14H2,2-4H3/t19-/m1/s1. The monoisotopic (exact) mass is 525 g/mol. The number of hydrogen-bond donors (Lipinski definition) is 0. The highest BCUT2D eigenvalue weighted by atomic mass is 79.9. The van der Waals surface area contributed by atoms with Gasteiger partial charge in [0.05, 0.1) is 18.0 Å². The highest BCUT2D eigenvalue weighted by molar-refractivity contribution is 9.10. The van der Waals surface area contributed by atoms with Crippen molar-refractivity contribution < 1.29 is 32.2 Å². The van der Waals surface area contributed by atoms with Crippen LogP contribution in [-0.2, 0) is 30.9 Å². The van der Waals surface area contributed by atoms with E-state index < -0.39 is 28.0 Å². The minimum atomic E-state index is -4.00. The van der Waals surface area contributed by atoms with Gasteiger partial charge in [-0.3, -0.25) is 9.59 Å². The molecule has 0 saturated carbocycles. The van der Waals surface area contributed by atoms with Crippen LogP contribution in [0.2, 0.25) is 0 Å². The maximum atomic E-state index is 13.5. The fourth-order valence-corrected chi connectivity index (χ4v) is 4.66. The number of rotatable bonds is 10. The molecule has 0 unspecified atom stereocenters. The van der Waals surface area contributed by atoms with Gasteiger partial charge in [0.1, 0.15) is 6.61 Å². The minimum Gasteiger partial charge on any atom is -0.493 e. The molecule has 0 spiro atoms. The number of hydrogen-bond acceptors (Lipinski definition) is 7. The number of halogens is 1. The van der Waals surface area contributed by atoms with Crippen LogP contribution in [0.1, 0.15) is 19.4 Å². The first-order valence-corrected chi connectivity index (χ1v) is 11.7. The second-order valence-corrected chi connectivity index (χ2v) is 9.49. The Morgan fingerprint density at radius 2 is 1.75 bits per heavy atom. The average Bonchev–Trinajstić information content (AvgIpc) is 2.73. The third-order valence-corrected chi connectivity index (χ3v) is 6.75. The normalized spacial score (nSPS) is 12.2. The second kappa shape index (κ2) is 11.3. The Morgan fingerprint density at radius 1 is 1.09 bits per heavy atom. The Kier molecular flexibility index (Phi) is 8.99. The lowest BCUT2D eigenvalue weighted by Crippen LogP contribution is -2.41. The summed E-state index contributed by atoms with van der Waals surface area (Å²) < 4.78 is 44.3. The van der Waals surface area contributed by atoms with Crippen molar-refractivity contribution in [3.8, 4) is 11.5 Å². The molecule has 0 radical (unpaired) electrons. The number of esters is 2. The molecule has 10 heteroatoms. The predicted octanol–water partition coefficient (Wildman–Crippen LogP) is 3.69. The number of methoxy groups -OCH3 is 1. The van der Waals surface area contributed by atoms with E-state index in [1.165, 1.54) is 49.5 Å². The molecule has 0 N–H and O–H groups in total. The topological polar surface area (TPSA) is 99.2 Å². The molecule has 172 valence electrons. The van der Waals surface area contributed by atoms with Crippen molar-refractivity contribution in [1.29, 1.82) is 0 Å². The van der Waals surface area contributed by atoms with E-state index in [1.54, 1.807) is 24.3 Å². The van der Waals surface area contributed by atoms with Gasteiger partial charge in [0.25, 0.3) is 0 Å². The summed E-state index contributed by atoms with van der Waals surface area (Å²) in [5.41, 5.74) is 0.563. The van der Waals surface area contributed by atoms with E-state index >= 15 is 0 Å². The zero-order chi connectivity index (χ0) is 23.9. The van der Waals surface area contributed by atoms with E-state index in [9.17, 15) is 18.0 Å². The molecule has 2 aromatic rings. The molecular formula is C22H24BrNO7S. The summed E-state index contributed by atoms with van der Waals surface area (Å²) in [5.74, 6) is -0.561. The Hall–Kier alpha value is -2.69. The quantitative estimate of drug-likeness (QED) is 0.265. The number of carbonyl (C=O) groups is 2. The second-order valence-electron chi connectivity index (χ2n) is 6.69. The highest BCUT2D eigenvalue weighted by Crippen LogP contribution is 2.30. The van der Waals surface area contributed by atoms with Gasteiger partial charge in [-0.1, -0.05) is 28.1 Å². The Balaban J connectivity index is 2.48. The fraction of sp³-hybridized carbons (Fsp3) is 0.273. The molecule has 0 fully saturated rings. The van der Waals surface area contributed by atoms with E-state index in [2.05, 4.69) is 22.5 Å². The molecule has 2 rings (SSSR count). The van der Waals surface area contributed by atoms with Gasteiger partial charge in [0, 0.05) is 24.9 Å².